The molecule has 0 amide bonds. The lowest BCUT2D eigenvalue weighted by Gasteiger charge is -2.16. The molecule has 1 aliphatic rings. The van der Waals surface area contributed by atoms with Crippen LogP contribution >= 0.6 is 23.4 Å². The van der Waals surface area contributed by atoms with Crippen LogP contribution in [0.4, 0.5) is 5.82 Å². The maximum absolute atomic E-state index is 5.65. The number of aromatic nitrogens is 2. The highest BCUT2D eigenvalue weighted by Gasteiger charge is 2.23. The van der Waals surface area contributed by atoms with Gasteiger partial charge in [-0.2, -0.15) is 11.8 Å². The monoisotopic (exact) mass is 229 g/mol. The van der Waals surface area contributed by atoms with Crippen molar-refractivity contribution in [1.29, 1.82) is 0 Å². The number of hydrogen-bond donors (Lipinski definition) is 1. The van der Waals surface area contributed by atoms with E-state index in [9.17, 15) is 0 Å². The van der Waals surface area contributed by atoms with Gasteiger partial charge in [-0.15, -0.1) is 0 Å². The van der Waals surface area contributed by atoms with Gasteiger partial charge in [0.25, 0.3) is 0 Å². The Morgan fingerprint density at radius 1 is 1.43 bits per heavy atom. The number of halogens is 1. The second-order valence-corrected chi connectivity index (χ2v) is 4.95. The van der Waals surface area contributed by atoms with Crippen LogP contribution in [0, 0.1) is 5.92 Å². The Kier molecular flexibility index (Phi) is 3.13. The van der Waals surface area contributed by atoms with Crippen LogP contribution in [0.5, 0.6) is 0 Å². The van der Waals surface area contributed by atoms with Gasteiger partial charge in [-0.05, 0) is 11.7 Å². The van der Waals surface area contributed by atoms with Gasteiger partial charge in [0.1, 0.15) is 11.0 Å². The summed E-state index contributed by atoms with van der Waals surface area (Å²) in [7, 11) is 0. The maximum Gasteiger partial charge on any atom is 0.147 e. The second-order valence-electron chi connectivity index (χ2n) is 3.49. The fourth-order valence-corrected chi connectivity index (χ4v) is 2.93. The van der Waals surface area contributed by atoms with Gasteiger partial charge in [-0.1, -0.05) is 18.5 Å². The van der Waals surface area contributed by atoms with Crippen molar-refractivity contribution in [3.8, 4) is 0 Å². The standard InChI is InChI=1S/C9H12ClN3S/c1-6-4-14-5-7(6)13-9-3-11-8(10)2-12-9/h2-3,6-7H,4-5H2,1H3,(H,12,13). The quantitative estimate of drug-likeness (QED) is 0.845. The van der Waals surface area contributed by atoms with Gasteiger partial charge in [-0.25, -0.2) is 9.97 Å². The summed E-state index contributed by atoms with van der Waals surface area (Å²) in [5.74, 6) is 3.87. The Labute approximate surface area is 92.7 Å². The number of nitrogens with one attached hydrogen (secondary N) is 1. The van der Waals surface area contributed by atoms with Crippen LogP contribution in [0.15, 0.2) is 12.4 Å². The first-order valence-electron chi connectivity index (χ1n) is 4.57. The largest absolute Gasteiger partial charge is 0.365 e. The summed E-state index contributed by atoms with van der Waals surface area (Å²) >= 11 is 7.63. The van der Waals surface area contributed by atoms with Crippen LogP contribution in [0.1, 0.15) is 6.92 Å². The van der Waals surface area contributed by atoms with Gasteiger partial charge in [-0.3, -0.25) is 0 Å². The molecule has 1 aromatic rings. The predicted molar refractivity (Wildman–Crippen MR) is 60.9 cm³/mol. The number of thioether (sulfide) groups is 1. The van der Waals surface area contributed by atoms with Gasteiger partial charge in [0.15, 0.2) is 0 Å². The third kappa shape index (κ3) is 2.30. The van der Waals surface area contributed by atoms with Crippen molar-refractivity contribution < 1.29 is 0 Å². The summed E-state index contributed by atoms with van der Waals surface area (Å²) in [4.78, 5) is 8.14. The normalized spacial score (nSPS) is 26.4. The number of hydrogen-bond acceptors (Lipinski definition) is 4. The van der Waals surface area contributed by atoms with Crippen molar-refractivity contribution in [2.75, 3.05) is 16.8 Å². The average Bonchev–Trinajstić information content (AvgIpc) is 2.56. The topological polar surface area (TPSA) is 37.8 Å². The molecule has 0 bridgehead atoms. The summed E-state index contributed by atoms with van der Waals surface area (Å²) in [5, 5.41) is 3.80. The second kappa shape index (κ2) is 4.36. The molecule has 2 rings (SSSR count). The van der Waals surface area contributed by atoms with Gasteiger partial charge >= 0.3 is 0 Å². The van der Waals surface area contributed by atoms with Gasteiger partial charge < -0.3 is 5.32 Å². The van der Waals surface area contributed by atoms with E-state index in [4.69, 9.17) is 11.6 Å². The fourth-order valence-electron chi connectivity index (χ4n) is 1.42. The summed E-state index contributed by atoms with van der Waals surface area (Å²) < 4.78 is 0. The van der Waals surface area contributed by atoms with E-state index in [0.29, 0.717) is 17.1 Å². The highest BCUT2D eigenvalue weighted by atomic mass is 35.5. The lowest BCUT2D eigenvalue weighted by Crippen LogP contribution is -2.26. The zero-order valence-electron chi connectivity index (χ0n) is 7.90. The molecule has 5 heteroatoms. The minimum absolute atomic E-state index is 0.435. The molecule has 0 aromatic carbocycles. The van der Waals surface area contributed by atoms with Crippen LogP contribution in [-0.2, 0) is 0 Å². The molecule has 1 saturated heterocycles. The first-order chi connectivity index (χ1) is 6.75. The van der Waals surface area contributed by atoms with Crippen LogP contribution in [0.25, 0.3) is 0 Å². The predicted octanol–water partition coefficient (Wildman–Crippen LogP) is 2.29. The van der Waals surface area contributed by atoms with Crippen molar-refractivity contribution in [3.05, 3.63) is 17.5 Å². The van der Waals surface area contributed by atoms with E-state index in [1.807, 2.05) is 11.8 Å². The molecule has 3 nitrogen and oxygen atoms in total. The molecule has 0 spiro atoms. The van der Waals surface area contributed by atoms with Crippen molar-refractivity contribution in [2.24, 2.45) is 5.92 Å². The van der Waals surface area contributed by atoms with Gasteiger partial charge in [0.2, 0.25) is 0 Å². The van der Waals surface area contributed by atoms with Crippen molar-refractivity contribution >= 4 is 29.2 Å². The Bertz CT molecular complexity index is 303. The molecular formula is C9H12ClN3S. The lowest BCUT2D eigenvalue weighted by molar-refractivity contribution is 0.597. The molecule has 0 radical (unpaired) electrons. The molecule has 2 unspecified atom stereocenters. The Morgan fingerprint density at radius 2 is 2.29 bits per heavy atom. The minimum Gasteiger partial charge on any atom is -0.365 e. The maximum atomic E-state index is 5.65. The zero-order chi connectivity index (χ0) is 9.97. The van der Waals surface area contributed by atoms with Crippen LogP contribution in [0.3, 0.4) is 0 Å². The minimum atomic E-state index is 0.435. The fraction of sp³-hybridized carbons (Fsp3) is 0.556. The molecule has 0 aliphatic carbocycles. The van der Waals surface area contributed by atoms with Crippen molar-refractivity contribution in [2.45, 2.75) is 13.0 Å². The average molecular weight is 230 g/mol. The molecule has 2 atom stereocenters. The molecule has 1 fully saturated rings. The van der Waals surface area contributed by atoms with Gasteiger partial charge in [0, 0.05) is 11.8 Å². The summed E-state index contributed by atoms with van der Waals surface area (Å²) in [6.45, 7) is 2.25. The van der Waals surface area contributed by atoms with Crippen molar-refractivity contribution in [3.63, 3.8) is 0 Å². The molecule has 1 N–H and O–H groups in total. The first kappa shape index (κ1) is 10.1. The van der Waals surface area contributed by atoms with Crippen LogP contribution < -0.4 is 5.32 Å². The molecule has 76 valence electrons. The highest BCUT2D eigenvalue weighted by Crippen LogP contribution is 2.25. The van der Waals surface area contributed by atoms with Crippen LogP contribution in [-0.4, -0.2) is 27.5 Å². The Balaban J connectivity index is 2.00. The highest BCUT2D eigenvalue weighted by molar-refractivity contribution is 7.99. The molecule has 2 heterocycles. The first-order valence-corrected chi connectivity index (χ1v) is 6.11. The third-order valence-corrected chi connectivity index (χ3v) is 3.87. The molecule has 0 saturated carbocycles. The third-order valence-electron chi connectivity index (χ3n) is 2.32. The number of nitrogens with zero attached hydrogens (tertiary/aromatic N) is 2. The lowest BCUT2D eigenvalue weighted by atomic mass is 10.1. The van der Waals surface area contributed by atoms with E-state index in [1.165, 1.54) is 5.75 Å². The molecule has 1 aliphatic heterocycles. The Hall–Kier alpha value is -0.480. The van der Waals surface area contributed by atoms with Crippen LogP contribution in [0.2, 0.25) is 5.15 Å². The molecule has 14 heavy (non-hydrogen) atoms. The van der Waals surface area contributed by atoms with Gasteiger partial charge in [0.05, 0.1) is 12.4 Å². The summed E-state index contributed by atoms with van der Waals surface area (Å²) in [6.07, 6.45) is 3.24. The van der Waals surface area contributed by atoms with E-state index >= 15 is 0 Å². The van der Waals surface area contributed by atoms with E-state index in [1.54, 1.807) is 12.4 Å². The zero-order valence-corrected chi connectivity index (χ0v) is 9.48. The molecule has 1 aromatic heterocycles. The van der Waals surface area contributed by atoms with E-state index in [-0.39, 0.29) is 0 Å². The SMILES string of the molecule is CC1CSCC1Nc1cnc(Cl)cn1. The van der Waals surface area contributed by atoms with Crippen molar-refractivity contribution in [1.82, 2.24) is 9.97 Å². The number of anilines is 1. The smallest absolute Gasteiger partial charge is 0.147 e. The molecular weight excluding hydrogens is 218 g/mol. The summed E-state index contributed by atoms with van der Waals surface area (Å²) in [5.41, 5.74) is 0. The van der Waals surface area contributed by atoms with E-state index in [2.05, 4.69) is 22.2 Å². The number of rotatable bonds is 2. The Morgan fingerprint density at radius 3 is 2.86 bits per heavy atom. The van der Waals surface area contributed by atoms with E-state index < -0.39 is 0 Å². The van der Waals surface area contributed by atoms with E-state index in [0.717, 1.165) is 11.6 Å². The summed E-state index contributed by atoms with van der Waals surface area (Å²) in [6, 6.07) is 0.510.